The third kappa shape index (κ3) is 3.43. The third-order valence-corrected chi connectivity index (χ3v) is 3.97. The average molecular weight is 354 g/mol. The second-order valence-corrected chi connectivity index (χ2v) is 5.48. The second-order valence-electron chi connectivity index (χ2n) is 5.48. The van der Waals surface area contributed by atoms with Gasteiger partial charge in [-0.25, -0.2) is 9.59 Å². The third-order valence-electron chi connectivity index (χ3n) is 3.97. The Morgan fingerprint density at radius 3 is 2.38 bits per heavy atom. The fraction of sp³-hybridized carbons (Fsp3) is 0.211. The van der Waals surface area contributed by atoms with E-state index in [4.69, 9.17) is 14.2 Å². The lowest BCUT2D eigenvalue weighted by atomic mass is 10.1. The van der Waals surface area contributed by atoms with Gasteiger partial charge in [0.2, 0.25) is 0 Å². The zero-order valence-electron chi connectivity index (χ0n) is 14.5. The van der Waals surface area contributed by atoms with Gasteiger partial charge in [0, 0.05) is 17.4 Å². The lowest BCUT2D eigenvalue weighted by Gasteiger charge is -2.31. The summed E-state index contributed by atoms with van der Waals surface area (Å²) in [5.41, 5.74) is 2.71. The number of aromatic nitrogens is 1. The Morgan fingerprint density at radius 2 is 1.77 bits per heavy atom. The van der Waals surface area contributed by atoms with Crippen LogP contribution in [0.15, 0.2) is 59.9 Å². The van der Waals surface area contributed by atoms with Gasteiger partial charge in [-0.3, -0.25) is 4.98 Å². The predicted octanol–water partition coefficient (Wildman–Crippen LogP) is 2.14. The van der Waals surface area contributed by atoms with Crippen molar-refractivity contribution >= 4 is 17.6 Å². The first kappa shape index (κ1) is 17.6. The highest BCUT2D eigenvalue weighted by Crippen LogP contribution is 2.28. The van der Waals surface area contributed by atoms with Gasteiger partial charge in [0.1, 0.15) is 12.4 Å². The van der Waals surface area contributed by atoms with Crippen LogP contribution in [0.5, 0.6) is 0 Å². The summed E-state index contributed by atoms with van der Waals surface area (Å²) in [5.74, 6) is -1.25. The van der Waals surface area contributed by atoms with E-state index in [2.05, 4.69) is 4.98 Å². The van der Waals surface area contributed by atoms with Crippen LogP contribution in [-0.2, 0) is 23.8 Å². The van der Waals surface area contributed by atoms with E-state index >= 15 is 0 Å². The normalized spacial score (nSPS) is 14.2. The van der Waals surface area contributed by atoms with Crippen molar-refractivity contribution in [3.8, 4) is 11.3 Å². The van der Waals surface area contributed by atoms with Crippen molar-refractivity contribution in [2.75, 3.05) is 32.5 Å². The molecular formula is C19H18N2O5. The van der Waals surface area contributed by atoms with Gasteiger partial charge >= 0.3 is 11.9 Å². The molecule has 7 nitrogen and oxygen atoms in total. The van der Waals surface area contributed by atoms with E-state index in [9.17, 15) is 9.59 Å². The molecule has 0 saturated heterocycles. The van der Waals surface area contributed by atoms with E-state index in [1.54, 1.807) is 11.1 Å². The summed E-state index contributed by atoms with van der Waals surface area (Å²) in [6, 6.07) is 13.1. The number of esters is 2. The molecule has 134 valence electrons. The number of hydrogen-bond acceptors (Lipinski definition) is 7. The summed E-state index contributed by atoms with van der Waals surface area (Å²) in [7, 11) is 2.52. The molecule has 0 bridgehead atoms. The van der Waals surface area contributed by atoms with Crippen molar-refractivity contribution in [3.05, 3.63) is 59.9 Å². The second kappa shape index (κ2) is 7.79. The molecule has 1 aromatic carbocycles. The first-order valence-electron chi connectivity index (χ1n) is 7.92. The van der Waals surface area contributed by atoms with Crippen molar-refractivity contribution in [2.24, 2.45) is 0 Å². The van der Waals surface area contributed by atoms with E-state index in [0.717, 1.165) is 11.3 Å². The standard InChI is InChI=1S/C19H18N2O5/c1-24-18(22)15-11-26-12-21(17(15)19(23)25-2)14-8-6-13(7-9-14)16-5-3-4-10-20-16/h3-10H,11-12H2,1-2H3. The van der Waals surface area contributed by atoms with Crippen molar-refractivity contribution in [2.45, 2.75) is 0 Å². The number of rotatable bonds is 4. The molecule has 1 aliphatic rings. The van der Waals surface area contributed by atoms with Gasteiger partial charge in [-0.1, -0.05) is 18.2 Å². The first-order valence-corrected chi connectivity index (χ1v) is 7.92. The Bertz CT molecular complexity index is 831. The number of ether oxygens (including phenoxy) is 3. The van der Waals surface area contributed by atoms with Crippen LogP contribution in [0.1, 0.15) is 0 Å². The van der Waals surface area contributed by atoms with Crippen LogP contribution in [0.4, 0.5) is 5.69 Å². The van der Waals surface area contributed by atoms with Gasteiger partial charge in [-0.15, -0.1) is 0 Å². The van der Waals surface area contributed by atoms with Crippen LogP contribution in [0.25, 0.3) is 11.3 Å². The number of methoxy groups -OCH3 is 2. The molecule has 0 fully saturated rings. The van der Waals surface area contributed by atoms with Gasteiger partial charge in [-0.05, 0) is 24.3 Å². The van der Waals surface area contributed by atoms with Crippen molar-refractivity contribution < 1.29 is 23.8 Å². The molecule has 0 N–H and O–H groups in total. The van der Waals surface area contributed by atoms with Crippen molar-refractivity contribution in [1.29, 1.82) is 0 Å². The number of benzene rings is 1. The van der Waals surface area contributed by atoms with E-state index in [0.29, 0.717) is 5.69 Å². The molecule has 0 saturated carbocycles. The smallest absolute Gasteiger partial charge is 0.355 e. The topological polar surface area (TPSA) is 78.0 Å². The van der Waals surface area contributed by atoms with Crippen LogP contribution in [-0.4, -0.2) is 44.5 Å². The summed E-state index contributed by atoms with van der Waals surface area (Å²) >= 11 is 0. The molecule has 2 aromatic rings. The van der Waals surface area contributed by atoms with Gasteiger partial charge in [-0.2, -0.15) is 0 Å². The maximum atomic E-state index is 12.3. The van der Waals surface area contributed by atoms with E-state index in [1.807, 2.05) is 42.5 Å². The Morgan fingerprint density at radius 1 is 1.04 bits per heavy atom. The first-order chi connectivity index (χ1) is 12.7. The number of nitrogens with zero attached hydrogens (tertiary/aromatic N) is 2. The summed E-state index contributed by atoms with van der Waals surface area (Å²) in [5, 5.41) is 0. The molecular weight excluding hydrogens is 336 g/mol. The molecule has 0 amide bonds. The largest absolute Gasteiger partial charge is 0.466 e. The van der Waals surface area contributed by atoms with Gasteiger partial charge in [0.15, 0.2) is 0 Å². The maximum Gasteiger partial charge on any atom is 0.355 e. The molecule has 2 heterocycles. The van der Waals surface area contributed by atoms with Crippen LogP contribution in [0.2, 0.25) is 0 Å². The molecule has 0 unspecified atom stereocenters. The van der Waals surface area contributed by atoms with Gasteiger partial charge in [0.05, 0.1) is 32.1 Å². The average Bonchev–Trinajstić information content (AvgIpc) is 2.72. The van der Waals surface area contributed by atoms with Crippen molar-refractivity contribution in [1.82, 2.24) is 4.98 Å². The number of anilines is 1. The van der Waals surface area contributed by atoms with Crippen LogP contribution in [0.3, 0.4) is 0 Å². The molecule has 0 radical (unpaired) electrons. The molecule has 0 aliphatic carbocycles. The monoisotopic (exact) mass is 354 g/mol. The minimum Gasteiger partial charge on any atom is -0.466 e. The highest BCUT2D eigenvalue weighted by atomic mass is 16.5. The zero-order chi connectivity index (χ0) is 18.5. The Labute approximate surface area is 150 Å². The highest BCUT2D eigenvalue weighted by Gasteiger charge is 2.32. The molecule has 7 heteroatoms. The van der Waals surface area contributed by atoms with Gasteiger partial charge in [0.25, 0.3) is 0 Å². The molecule has 26 heavy (non-hydrogen) atoms. The summed E-state index contributed by atoms with van der Waals surface area (Å²) in [6.07, 6.45) is 1.72. The molecule has 0 atom stereocenters. The Balaban J connectivity index is 1.98. The van der Waals surface area contributed by atoms with E-state index < -0.39 is 11.9 Å². The predicted molar refractivity (Wildman–Crippen MR) is 94.0 cm³/mol. The number of pyridine rings is 1. The van der Waals surface area contributed by atoms with Gasteiger partial charge < -0.3 is 19.1 Å². The highest BCUT2D eigenvalue weighted by molar-refractivity contribution is 6.03. The van der Waals surface area contributed by atoms with Crippen molar-refractivity contribution in [3.63, 3.8) is 0 Å². The quantitative estimate of drug-likeness (QED) is 0.779. The molecule has 1 aromatic heterocycles. The minimum atomic E-state index is -0.625. The summed E-state index contributed by atoms with van der Waals surface area (Å²) in [4.78, 5) is 30.2. The fourth-order valence-corrected chi connectivity index (χ4v) is 2.69. The molecule has 3 rings (SSSR count). The fourth-order valence-electron chi connectivity index (χ4n) is 2.69. The zero-order valence-corrected chi connectivity index (χ0v) is 14.5. The number of hydrogen-bond donors (Lipinski definition) is 0. The lowest BCUT2D eigenvalue weighted by molar-refractivity contribution is -0.140. The summed E-state index contributed by atoms with van der Waals surface area (Å²) in [6.45, 7) is 0.105. The SMILES string of the molecule is COC(=O)C1=C(C(=O)OC)N(c2ccc(-c3ccccn3)cc2)COC1. The number of carbonyl (C=O) groups excluding carboxylic acids is 2. The lowest BCUT2D eigenvalue weighted by Crippen LogP contribution is -2.38. The minimum absolute atomic E-state index is 0.0143. The Kier molecular flexibility index (Phi) is 5.28. The maximum absolute atomic E-state index is 12.3. The van der Waals surface area contributed by atoms with E-state index in [-0.39, 0.29) is 24.6 Å². The van der Waals surface area contributed by atoms with Crippen LogP contribution < -0.4 is 4.90 Å². The molecule has 0 spiro atoms. The van der Waals surface area contributed by atoms with Crippen LogP contribution >= 0.6 is 0 Å². The number of carbonyl (C=O) groups is 2. The summed E-state index contributed by atoms with van der Waals surface area (Å²) < 4.78 is 15.1. The van der Waals surface area contributed by atoms with E-state index in [1.165, 1.54) is 14.2 Å². The Hall–Kier alpha value is -3.19. The molecule has 1 aliphatic heterocycles. The van der Waals surface area contributed by atoms with Crippen LogP contribution in [0, 0.1) is 0 Å².